The van der Waals surface area contributed by atoms with Gasteiger partial charge in [0.25, 0.3) is 0 Å². The molecule has 0 aromatic heterocycles. The Kier molecular flexibility index (Phi) is 3.66. The first-order chi connectivity index (χ1) is 7.74. The van der Waals surface area contributed by atoms with Gasteiger partial charge in [-0.25, -0.2) is 0 Å². The number of halogens is 3. The summed E-state index contributed by atoms with van der Waals surface area (Å²) in [5.74, 6) is -0.211. The Morgan fingerprint density at radius 2 is 1.82 bits per heavy atom. The molecule has 1 aromatic rings. The van der Waals surface area contributed by atoms with Gasteiger partial charge in [-0.05, 0) is 12.1 Å². The summed E-state index contributed by atoms with van der Waals surface area (Å²) in [6.45, 7) is 0. The van der Waals surface area contributed by atoms with E-state index in [2.05, 4.69) is 4.18 Å². The first kappa shape index (κ1) is 13.4. The zero-order valence-corrected chi connectivity index (χ0v) is 8.99. The minimum Gasteiger partial charge on any atom is -0.507 e. The summed E-state index contributed by atoms with van der Waals surface area (Å²) in [6.07, 6.45) is 1.25. The van der Waals surface area contributed by atoms with Crippen LogP contribution in [0.2, 0.25) is 0 Å². The molecule has 0 saturated heterocycles. The van der Waals surface area contributed by atoms with Crippen molar-refractivity contribution in [1.29, 1.82) is 0 Å². The smallest absolute Gasteiger partial charge is 0.507 e. The fourth-order valence-electron chi connectivity index (χ4n) is 0.857. The molecule has 1 aromatic carbocycles. The first-order valence-electron chi connectivity index (χ1n) is 4.18. The molecule has 0 spiro atoms. The predicted octanol–water partition coefficient (Wildman–Crippen LogP) is 2.23. The number of benzene rings is 1. The summed E-state index contributed by atoms with van der Waals surface area (Å²) in [6, 6.07) is 5.67. The highest BCUT2D eigenvalue weighted by molar-refractivity contribution is 7.87. The van der Waals surface area contributed by atoms with Gasteiger partial charge in [0, 0.05) is 5.56 Å². The molecule has 0 atom stereocenters. The van der Waals surface area contributed by atoms with Crippen LogP contribution in [-0.2, 0) is 14.3 Å². The molecule has 0 radical (unpaired) electrons. The van der Waals surface area contributed by atoms with Crippen molar-refractivity contribution in [2.45, 2.75) is 5.51 Å². The van der Waals surface area contributed by atoms with Crippen LogP contribution in [0, 0.1) is 0 Å². The van der Waals surface area contributed by atoms with E-state index in [0.29, 0.717) is 6.26 Å². The zero-order valence-electron chi connectivity index (χ0n) is 8.18. The monoisotopic (exact) mass is 268 g/mol. The fourth-order valence-corrected chi connectivity index (χ4v) is 1.17. The lowest BCUT2D eigenvalue weighted by atomic mass is 10.2. The maximum absolute atomic E-state index is 11.8. The summed E-state index contributed by atoms with van der Waals surface area (Å²) >= 11 is 0. The van der Waals surface area contributed by atoms with E-state index in [1.807, 2.05) is 0 Å². The molecule has 0 unspecified atom stereocenters. The second-order valence-corrected chi connectivity index (χ2v) is 4.42. The molecule has 0 amide bonds. The van der Waals surface area contributed by atoms with Crippen LogP contribution in [0.1, 0.15) is 5.56 Å². The molecule has 4 nitrogen and oxygen atoms in total. The maximum Gasteiger partial charge on any atom is 0.534 e. The lowest BCUT2D eigenvalue weighted by molar-refractivity contribution is -0.0514. The highest BCUT2D eigenvalue weighted by Gasteiger charge is 2.47. The van der Waals surface area contributed by atoms with E-state index in [1.54, 1.807) is 0 Å². The van der Waals surface area contributed by atoms with Gasteiger partial charge in [-0.1, -0.05) is 18.2 Å². The number of hydrogen-bond acceptors (Lipinski definition) is 4. The third-order valence-electron chi connectivity index (χ3n) is 1.65. The Hall–Kier alpha value is -1.70. The minimum absolute atomic E-state index is 0.130. The molecule has 94 valence electrons. The number of phenols is 1. The van der Waals surface area contributed by atoms with Crippen LogP contribution in [-0.4, -0.2) is 19.0 Å². The average molecular weight is 268 g/mol. The fraction of sp³-hybridized carbons (Fsp3) is 0.111. The second-order valence-electron chi connectivity index (χ2n) is 2.86. The molecular formula is C9H7F3O4S. The van der Waals surface area contributed by atoms with Gasteiger partial charge in [0.15, 0.2) is 0 Å². The van der Waals surface area contributed by atoms with E-state index in [9.17, 15) is 26.7 Å². The van der Waals surface area contributed by atoms with Gasteiger partial charge in [-0.2, -0.15) is 21.6 Å². The van der Waals surface area contributed by atoms with E-state index < -0.39 is 15.6 Å². The summed E-state index contributed by atoms with van der Waals surface area (Å²) < 4.78 is 60.1. The predicted molar refractivity (Wildman–Crippen MR) is 53.2 cm³/mol. The SMILES string of the molecule is O=S(=O)(O/C=C/c1ccccc1O)C(F)(F)F. The van der Waals surface area contributed by atoms with Gasteiger partial charge in [0.1, 0.15) is 12.0 Å². The van der Waals surface area contributed by atoms with Crippen LogP contribution in [0.4, 0.5) is 13.2 Å². The second kappa shape index (κ2) is 4.66. The number of hydrogen-bond donors (Lipinski definition) is 1. The number of rotatable bonds is 3. The molecule has 0 bridgehead atoms. The molecule has 17 heavy (non-hydrogen) atoms. The molecule has 0 heterocycles. The highest BCUT2D eigenvalue weighted by Crippen LogP contribution is 2.25. The van der Waals surface area contributed by atoms with Crippen LogP contribution >= 0.6 is 0 Å². The molecule has 1 rings (SSSR count). The Morgan fingerprint density at radius 1 is 1.24 bits per heavy atom. The Bertz CT molecular complexity index is 519. The van der Waals surface area contributed by atoms with Gasteiger partial charge in [-0.15, -0.1) is 0 Å². The minimum atomic E-state index is -5.65. The summed E-state index contributed by atoms with van der Waals surface area (Å²) in [7, 11) is -5.65. The topological polar surface area (TPSA) is 63.6 Å². The van der Waals surface area contributed by atoms with Crippen molar-refractivity contribution >= 4 is 16.2 Å². The molecule has 0 fully saturated rings. The van der Waals surface area contributed by atoms with Crippen molar-refractivity contribution in [3.05, 3.63) is 36.1 Å². The van der Waals surface area contributed by atoms with Gasteiger partial charge in [-0.3, -0.25) is 0 Å². The van der Waals surface area contributed by atoms with Gasteiger partial charge in [0.05, 0.1) is 0 Å². The van der Waals surface area contributed by atoms with E-state index >= 15 is 0 Å². The van der Waals surface area contributed by atoms with E-state index in [1.165, 1.54) is 24.3 Å². The molecule has 0 saturated carbocycles. The quantitative estimate of drug-likeness (QED) is 0.518. The first-order valence-corrected chi connectivity index (χ1v) is 5.59. The van der Waals surface area contributed by atoms with Crippen molar-refractivity contribution in [3.8, 4) is 5.75 Å². The number of para-hydroxylation sites is 1. The van der Waals surface area contributed by atoms with E-state index in [4.69, 9.17) is 0 Å². The van der Waals surface area contributed by atoms with Crippen LogP contribution in [0.3, 0.4) is 0 Å². The zero-order chi connectivity index (χ0) is 13.1. The Morgan fingerprint density at radius 3 is 2.35 bits per heavy atom. The highest BCUT2D eigenvalue weighted by atomic mass is 32.2. The van der Waals surface area contributed by atoms with Crippen LogP contribution < -0.4 is 0 Å². The number of aromatic hydroxyl groups is 1. The largest absolute Gasteiger partial charge is 0.534 e. The maximum atomic E-state index is 11.8. The number of alkyl halides is 3. The van der Waals surface area contributed by atoms with Crippen molar-refractivity contribution in [1.82, 2.24) is 0 Å². The van der Waals surface area contributed by atoms with Gasteiger partial charge >= 0.3 is 15.6 Å². The lowest BCUT2D eigenvalue weighted by Crippen LogP contribution is -2.23. The Balaban J connectivity index is 2.80. The molecule has 1 N–H and O–H groups in total. The standard InChI is InChI=1S/C9H7F3O4S/c10-9(11,12)17(14,15)16-6-5-7-3-1-2-4-8(7)13/h1-6,13H/b6-5+. The molecule has 0 aliphatic carbocycles. The molecule has 0 aliphatic rings. The third kappa shape index (κ3) is 3.38. The third-order valence-corrected chi connectivity index (χ3v) is 2.58. The molecule has 8 heteroatoms. The lowest BCUT2D eigenvalue weighted by Gasteiger charge is -2.05. The summed E-state index contributed by atoms with van der Waals surface area (Å²) in [5, 5.41) is 9.22. The van der Waals surface area contributed by atoms with E-state index in [0.717, 1.165) is 6.08 Å². The van der Waals surface area contributed by atoms with Crippen LogP contribution in [0.5, 0.6) is 5.75 Å². The van der Waals surface area contributed by atoms with Gasteiger partial charge < -0.3 is 9.29 Å². The number of phenolic OH excluding ortho intramolecular Hbond substituents is 1. The molecule has 0 aliphatic heterocycles. The normalized spacial score (nSPS) is 12.9. The summed E-state index contributed by atoms with van der Waals surface area (Å²) in [4.78, 5) is 0. The molecular weight excluding hydrogens is 261 g/mol. The Labute approximate surface area is 95.1 Å². The summed E-state index contributed by atoms with van der Waals surface area (Å²) in [5.41, 5.74) is -5.35. The van der Waals surface area contributed by atoms with Crippen LogP contribution in [0.15, 0.2) is 30.5 Å². The van der Waals surface area contributed by atoms with Crippen molar-refractivity contribution in [2.75, 3.05) is 0 Å². The van der Waals surface area contributed by atoms with Crippen molar-refractivity contribution in [3.63, 3.8) is 0 Å². The van der Waals surface area contributed by atoms with Crippen molar-refractivity contribution < 1.29 is 30.9 Å². The van der Waals surface area contributed by atoms with Crippen molar-refractivity contribution in [2.24, 2.45) is 0 Å². The van der Waals surface area contributed by atoms with Gasteiger partial charge in [0.2, 0.25) is 0 Å². The van der Waals surface area contributed by atoms with E-state index in [-0.39, 0.29) is 11.3 Å². The van der Waals surface area contributed by atoms with Crippen LogP contribution in [0.25, 0.3) is 6.08 Å². The average Bonchev–Trinajstić information content (AvgIpc) is 2.19.